The molecule has 1 aliphatic heterocycles. The van der Waals surface area contributed by atoms with Gasteiger partial charge >= 0.3 is 33.3 Å². The molecule has 22 heteroatoms. The lowest BCUT2D eigenvalue weighted by Gasteiger charge is -2.21. The van der Waals surface area contributed by atoms with Crippen molar-refractivity contribution in [1.29, 1.82) is 0 Å². The van der Waals surface area contributed by atoms with Crippen LogP contribution < -0.4 is 11.4 Å². The van der Waals surface area contributed by atoms with Crippen molar-refractivity contribution in [3.63, 3.8) is 0 Å². The molecule has 1 aliphatic rings. The predicted octanol–water partition coefficient (Wildman–Crippen LogP) is 8.72. The minimum Gasteiger partial charge on any atom is -0.462 e. The molecule has 2 rings (SSSR count). The number of aliphatic hydroxyl groups is 4. The number of unbranched alkanes of at least 4 members (excludes halogenated alkanes) is 4. The second kappa shape index (κ2) is 40.3. The molecule has 0 amide bonds. The first-order chi connectivity index (χ1) is 36.5. The van der Waals surface area contributed by atoms with Crippen LogP contribution >= 0.6 is 15.6 Å². The summed E-state index contributed by atoms with van der Waals surface area (Å²) in [6.45, 7) is 1.64. The summed E-state index contributed by atoms with van der Waals surface area (Å²) < 4.78 is 56.6. The Kier molecular flexibility index (Phi) is 35.6. The van der Waals surface area contributed by atoms with Crippen LogP contribution in [0.25, 0.3) is 0 Å². The Morgan fingerprint density at radius 1 is 0.697 bits per heavy atom. The fourth-order valence-corrected chi connectivity index (χ4v) is 8.85. The zero-order chi connectivity index (χ0) is 55.9. The van der Waals surface area contributed by atoms with Gasteiger partial charge in [0.25, 0.3) is 0 Å². The van der Waals surface area contributed by atoms with Crippen LogP contribution in [0.3, 0.4) is 0 Å². The quantitative estimate of drug-likeness (QED) is 0.0106. The van der Waals surface area contributed by atoms with Crippen molar-refractivity contribution in [3.8, 4) is 0 Å². The second-order valence-corrected chi connectivity index (χ2v) is 20.3. The first-order valence-corrected chi connectivity index (χ1v) is 28.8. The van der Waals surface area contributed by atoms with Gasteiger partial charge in [-0.3, -0.25) is 23.2 Å². The van der Waals surface area contributed by atoms with Gasteiger partial charge in [-0.2, -0.15) is 9.29 Å². The number of anilines is 1. The summed E-state index contributed by atoms with van der Waals surface area (Å²) in [5.41, 5.74) is 4.57. The van der Waals surface area contributed by atoms with E-state index >= 15 is 0 Å². The van der Waals surface area contributed by atoms with E-state index in [2.05, 4.69) is 64.8 Å². The maximum atomic E-state index is 12.9. The number of phosphoric ester groups is 2. The molecule has 1 saturated heterocycles. The van der Waals surface area contributed by atoms with Crippen LogP contribution in [0.15, 0.2) is 139 Å². The lowest BCUT2D eigenvalue weighted by molar-refractivity contribution is -0.161. The van der Waals surface area contributed by atoms with Crippen LogP contribution in [0.5, 0.6) is 0 Å². The fourth-order valence-electron chi connectivity index (χ4n) is 6.74. The lowest BCUT2D eigenvalue weighted by atomic mass is 10.1. The van der Waals surface area contributed by atoms with Crippen LogP contribution in [0.1, 0.15) is 123 Å². The van der Waals surface area contributed by atoms with E-state index in [4.69, 9.17) is 29.0 Å². The molecule has 0 bridgehead atoms. The Balaban J connectivity index is 1.87. The Bertz CT molecular complexity index is 2290. The average molecular weight is 1110 g/mol. The van der Waals surface area contributed by atoms with Gasteiger partial charge in [0.15, 0.2) is 12.3 Å². The molecule has 8 N–H and O–H groups in total. The van der Waals surface area contributed by atoms with E-state index in [1.807, 2.05) is 37.3 Å². The molecule has 76 heavy (non-hydrogen) atoms. The maximum Gasteiger partial charge on any atom is 0.481 e. The van der Waals surface area contributed by atoms with E-state index in [9.17, 15) is 53.7 Å². The summed E-state index contributed by atoms with van der Waals surface area (Å²) in [4.78, 5) is 61.9. The van der Waals surface area contributed by atoms with Crippen LogP contribution in [0, 0.1) is 0 Å². The highest BCUT2D eigenvalue weighted by molar-refractivity contribution is 7.61. The van der Waals surface area contributed by atoms with Crippen LogP contribution in [-0.2, 0) is 46.3 Å². The minimum absolute atomic E-state index is 0.0240. The van der Waals surface area contributed by atoms with Crippen LogP contribution in [-0.4, -0.2) is 108 Å². The van der Waals surface area contributed by atoms with Crippen molar-refractivity contribution in [3.05, 3.63) is 144 Å². The van der Waals surface area contributed by atoms with E-state index in [0.717, 1.165) is 62.1 Å². The number of carbonyl (C=O) groups is 2. The van der Waals surface area contributed by atoms with Gasteiger partial charge in [0.1, 0.15) is 30.7 Å². The summed E-state index contributed by atoms with van der Waals surface area (Å²) in [6.07, 6.45) is 40.6. The van der Waals surface area contributed by atoms with Crippen molar-refractivity contribution >= 4 is 33.4 Å². The second-order valence-electron chi connectivity index (χ2n) is 17.3. The molecule has 1 aromatic heterocycles. The number of hydrogen-bond donors (Lipinski definition) is 7. The van der Waals surface area contributed by atoms with Crippen molar-refractivity contribution < 1.29 is 76.5 Å². The predicted molar refractivity (Wildman–Crippen MR) is 291 cm³/mol. The zero-order valence-corrected chi connectivity index (χ0v) is 45.5. The highest BCUT2D eigenvalue weighted by atomic mass is 31.3. The largest absolute Gasteiger partial charge is 0.481 e. The summed E-state index contributed by atoms with van der Waals surface area (Å²) in [7, 11) is -10.9. The molecule has 0 saturated carbocycles. The van der Waals surface area contributed by atoms with Crippen LogP contribution in [0.4, 0.5) is 5.82 Å². The molecular weight excluding hydrogens is 1020 g/mol. The monoisotopic (exact) mass is 1110 g/mol. The summed E-state index contributed by atoms with van der Waals surface area (Å²) in [5.74, 6) is -1.52. The summed E-state index contributed by atoms with van der Waals surface area (Å²) in [5, 5.41) is 41.0. The molecule has 424 valence electrons. The number of nitrogens with two attached hydrogens (primary N) is 1. The molecule has 2 heterocycles. The first kappa shape index (κ1) is 67.2. The van der Waals surface area contributed by atoms with Gasteiger partial charge in [-0.05, 0) is 83.1 Å². The smallest absolute Gasteiger partial charge is 0.462 e. The Morgan fingerprint density at radius 3 is 1.86 bits per heavy atom. The van der Waals surface area contributed by atoms with Gasteiger partial charge in [0.05, 0.1) is 25.4 Å². The highest BCUT2D eigenvalue weighted by Gasteiger charge is 2.46. The number of aromatic nitrogens is 2. The molecule has 0 aromatic carbocycles. The number of nitrogens with zero attached hydrogens (tertiary/aromatic N) is 2. The first-order valence-electron chi connectivity index (χ1n) is 25.8. The third-order valence-corrected chi connectivity index (χ3v) is 13.3. The van der Waals surface area contributed by atoms with Gasteiger partial charge in [-0.25, -0.2) is 13.9 Å². The van der Waals surface area contributed by atoms with Gasteiger partial charge in [-0.1, -0.05) is 148 Å². The van der Waals surface area contributed by atoms with Gasteiger partial charge < -0.3 is 50.2 Å². The van der Waals surface area contributed by atoms with E-state index in [-0.39, 0.29) is 18.7 Å². The summed E-state index contributed by atoms with van der Waals surface area (Å²) >= 11 is 0. The minimum atomic E-state index is -5.48. The van der Waals surface area contributed by atoms with Crippen molar-refractivity contribution in [1.82, 2.24) is 9.55 Å². The number of hydrogen-bond acceptors (Lipinski definition) is 17. The van der Waals surface area contributed by atoms with Gasteiger partial charge in [0, 0.05) is 19.0 Å². The topological polar surface area (TPSA) is 306 Å². The number of rotatable bonds is 40. The van der Waals surface area contributed by atoms with Crippen molar-refractivity contribution in [2.75, 3.05) is 25.6 Å². The normalized spacial score (nSPS) is 20.5. The van der Waals surface area contributed by atoms with E-state index in [1.165, 1.54) is 6.07 Å². The van der Waals surface area contributed by atoms with Gasteiger partial charge in [0.2, 0.25) is 0 Å². The average Bonchev–Trinajstić information content (AvgIpc) is 3.65. The van der Waals surface area contributed by atoms with Crippen molar-refractivity contribution in [2.45, 2.75) is 159 Å². The molecule has 0 radical (unpaired) electrons. The molecular formula is C54H81N3O17P2. The van der Waals surface area contributed by atoms with Crippen molar-refractivity contribution in [2.24, 2.45) is 0 Å². The number of ether oxygens (including phenoxy) is 3. The number of carbonyl (C=O) groups excluding carboxylic acids is 2. The molecule has 9 atom stereocenters. The van der Waals surface area contributed by atoms with Crippen LogP contribution in [0.2, 0.25) is 0 Å². The van der Waals surface area contributed by atoms with E-state index in [1.54, 1.807) is 42.5 Å². The molecule has 1 aromatic rings. The molecule has 1 fully saturated rings. The number of phosphoric acid groups is 2. The zero-order valence-electron chi connectivity index (χ0n) is 43.7. The Labute approximate surface area is 447 Å². The van der Waals surface area contributed by atoms with E-state index < -0.39 is 95.9 Å². The molecule has 2 unspecified atom stereocenters. The fraction of sp³-hybridized carbons (Fsp3) is 0.519. The molecule has 20 nitrogen and oxygen atoms in total. The number of allylic oxidation sites excluding steroid dienone is 16. The third kappa shape index (κ3) is 32.6. The van der Waals surface area contributed by atoms with Gasteiger partial charge in [-0.15, -0.1) is 0 Å². The Hall–Kier alpha value is -4.92. The lowest BCUT2D eigenvalue weighted by Crippen LogP contribution is -2.36. The third-order valence-electron chi connectivity index (χ3n) is 10.7. The number of aliphatic hydroxyl groups excluding tert-OH is 4. The highest BCUT2D eigenvalue weighted by Crippen LogP contribution is 2.60. The number of nitrogen functional groups attached to an aromatic ring is 1. The van der Waals surface area contributed by atoms with E-state index in [0.29, 0.717) is 38.5 Å². The SMILES string of the molecule is CC/C=C\C/C=C\C/C=C\C/C=C\CCCCCCC(=O)O[C@H](COC(=O)CC/C=C\C/C=C\C[C@H](O)/C=C/C=C\C=C\[C@H](O)C/C=C\CC)COP(=O)(O)OP(=O)(O)OC[C@H]1O[C@@H](n2ccc(N)nc2=O)[C@H](O)[C@@H]1O. The standard InChI is InChI=1S/C54H81N3O17P2/c1-3-5-7-8-9-10-11-12-13-14-15-16-17-18-19-24-32-38-50(61)72-46(41-69-49(60)37-31-23-21-20-22-28-34-45(59)36-30-26-25-29-35-44(58)33-27-6-4-2)42-70-75(65,66)74-76(67,68)71-43-47-51(62)52(63)53(73-47)57-40-39-48(55)56-54(57)64/h5-7,9-10,12-13,15-16,21-23,25-30,35-36,39-40,44-47,51-53,58-59,62-63H,3-4,8,11,14,17-20,24,31-34,37-38,41-43H2,1-2H3,(H,65,66)(H,67,68)(H2,55,56,64)/b7-5-,10-9-,13-12-,16-15-,23-21-,26-25-,27-6-,28-22-,35-29+,36-30+/t44-,45+,46-,47-,51-,52-,53-/m1/s1. The molecule has 0 aliphatic carbocycles. The summed E-state index contributed by atoms with van der Waals surface area (Å²) in [6, 6.07) is 1.23. The number of esters is 2. The molecule has 0 spiro atoms. The Morgan fingerprint density at radius 2 is 1.24 bits per heavy atom. The maximum absolute atomic E-state index is 12.9.